The van der Waals surface area contributed by atoms with Gasteiger partial charge in [-0.2, -0.15) is 0 Å². The highest BCUT2D eigenvalue weighted by molar-refractivity contribution is 5.85. The molecule has 0 bridgehead atoms. The van der Waals surface area contributed by atoms with Crippen LogP contribution in [0.1, 0.15) is 13.3 Å². The van der Waals surface area contributed by atoms with Crippen LogP contribution in [0.5, 0.6) is 0 Å². The highest BCUT2D eigenvalue weighted by Gasteiger charge is 2.18. The Labute approximate surface area is 98.0 Å². The van der Waals surface area contributed by atoms with Gasteiger partial charge in [-0.3, -0.25) is 14.4 Å². The van der Waals surface area contributed by atoms with Crippen molar-refractivity contribution in [1.82, 2.24) is 4.90 Å². The van der Waals surface area contributed by atoms with Crippen LogP contribution in [0, 0.1) is 0 Å². The maximum atomic E-state index is 11.1. The van der Waals surface area contributed by atoms with Crippen LogP contribution in [0.25, 0.3) is 0 Å². The largest absolute Gasteiger partial charge is 0.480 e. The van der Waals surface area contributed by atoms with Crippen molar-refractivity contribution in [3.8, 4) is 0 Å². The molecule has 17 heavy (non-hydrogen) atoms. The van der Waals surface area contributed by atoms with E-state index in [1.807, 2.05) is 0 Å². The van der Waals surface area contributed by atoms with Crippen molar-refractivity contribution in [3.63, 3.8) is 0 Å². The first-order valence-corrected chi connectivity index (χ1v) is 4.70. The summed E-state index contributed by atoms with van der Waals surface area (Å²) in [6, 6.07) is 0. The summed E-state index contributed by atoms with van der Waals surface area (Å²) in [5.74, 6) is -3.08. The number of nitrogens with two attached hydrogens (primary N) is 1. The van der Waals surface area contributed by atoms with Crippen LogP contribution in [0.4, 0.5) is 0 Å². The minimum Gasteiger partial charge on any atom is -0.480 e. The van der Waals surface area contributed by atoms with Gasteiger partial charge in [0, 0.05) is 13.0 Å². The van der Waals surface area contributed by atoms with E-state index in [-0.39, 0.29) is 13.0 Å². The molecular formula is C9H16N2O6. The molecule has 0 aliphatic rings. The summed E-state index contributed by atoms with van der Waals surface area (Å²) in [4.78, 5) is 41.2. The third kappa shape index (κ3) is 12.0. The Kier molecular flexibility index (Phi) is 10.8. The molecule has 0 rings (SSSR count). The van der Waals surface area contributed by atoms with Crippen molar-refractivity contribution in [1.29, 1.82) is 0 Å². The number of carboxylic acid groups (broad SMARTS) is 2. The second-order valence-corrected chi connectivity index (χ2v) is 2.81. The molecule has 0 heterocycles. The number of carbonyl (C=O) groups is 4. The zero-order valence-corrected chi connectivity index (χ0v) is 9.46. The third-order valence-corrected chi connectivity index (χ3v) is 1.36. The molecule has 0 aliphatic carbocycles. The monoisotopic (exact) mass is 248 g/mol. The summed E-state index contributed by atoms with van der Waals surface area (Å²) in [5.41, 5.74) is 5.09. The van der Waals surface area contributed by atoms with Crippen molar-refractivity contribution in [2.24, 2.45) is 5.73 Å². The molecule has 0 atom stereocenters. The minimum absolute atomic E-state index is 0.0550. The molecule has 98 valence electrons. The van der Waals surface area contributed by atoms with Crippen LogP contribution in [-0.2, 0) is 19.2 Å². The fourth-order valence-electron chi connectivity index (χ4n) is 0.840. The maximum Gasteiger partial charge on any atom is 0.323 e. The van der Waals surface area contributed by atoms with Gasteiger partial charge in [-0.05, 0) is 6.92 Å². The predicted molar refractivity (Wildman–Crippen MR) is 57.3 cm³/mol. The molecule has 0 spiro atoms. The summed E-state index contributed by atoms with van der Waals surface area (Å²) in [7, 11) is 0. The standard InChI is InChI=1S/C7H12N2O5.C2H4O/c8-2-1-5(10)9(3-6(11)12)4-7(13)14;1-2-3/h1-4,8H2,(H,11,12)(H,13,14);2H,1H3. The van der Waals surface area contributed by atoms with Gasteiger partial charge in [0.05, 0.1) is 0 Å². The number of rotatable bonds is 6. The van der Waals surface area contributed by atoms with Crippen LogP contribution < -0.4 is 5.73 Å². The van der Waals surface area contributed by atoms with Gasteiger partial charge in [0.2, 0.25) is 5.91 Å². The molecule has 0 aromatic heterocycles. The first-order chi connectivity index (χ1) is 7.88. The molecule has 0 aromatic rings. The Morgan fingerprint density at radius 2 is 1.53 bits per heavy atom. The van der Waals surface area contributed by atoms with E-state index in [1.54, 1.807) is 0 Å². The lowest BCUT2D eigenvalue weighted by Crippen LogP contribution is -2.40. The summed E-state index contributed by atoms with van der Waals surface area (Å²) < 4.78 is 0. The van der Waals surface area contributed by atoms with Crippen LogP contribution in [-0.4, -0.2) is 58.9 Å². The van der Waals surface area contributed by atoms with Crippen molar-refractivity contribution in [2.75, 3.05) is 19.6 Å². The molecule has 0 saturated heterocycles. The van der Waals surface area contributed by atoms with Crippen LogP contribution in [0.3, 0.4) is 0 Å². The number of aliphatic carboxylic acids is 2. The molecule has 4 N–H and O–H groups in total. The Balaban J connectivity index is 0. The molecule has 1 amide bonds. The minimum atomic E-state index is -1.25. The number of hydrogen-bond donors (Lipinski definition) is 3. The quantitative estimate of drug-likeness (QED) is 0.488. The normalized spacial score (nSPS) is 8.59. The van der Waals surface area contributed by atoms with E-state index in [0.29, 0.717) is 0 Å². The van der Waals surface area contributed by atoms with E-state index in [1.165, 1.54) is 6.92 Å². The maximum absolute atomic E-state index is 11.1. The lowest BCUT2D eigenvalue weighted by molar-refractivity contribution is -0.149. The third-order valence-electron chi connectivity index (χ3n) is 1.36. The fraction of sp³-hybridized carbons (Fsp3) is 0.556. The van der Waals surface area contributed by atoms with Gasteiger partial charge in [-0.1, -0.05) is 0 Å². The van der Waals surface area contributed by atoms with Gasteiger partial charge in [-0.15, -0.1) is 0 Å². The lowest BCUT2D eigenvalue weighted by atomic mass is 10.3. The molecular weight excluding hydrogens is 232 g/mol. The molecule has 8 nitrogen and oxygen atoms in total. The number of amides is 1. The average molecular weight is 248 g/mol. The Morgan fingerprint density at radius 1 is 1.18 bits per heavy atom. The predicted octanol–water partition coefficient (Wildman–Crippen LogP) is -1.46. The second kappa shape index (κ2) is 10.6. The first-order valence-electron chi connectivity index (χ1n) is 4.70. The SMILES string of the molecule is CC=O.NCCC(=O)N(CC(=O)O)CC(=O)O. The number of carboxylic acids is 2. The summed E-state index contributed by atoms with van der Waals surface area (Å²) in [6.45, 7) is 0.269. The van der Waals surface area contributed by atoms with E-state index in [9.17, 15) is 14.4 Å². The number of nitrogens with zero attached hydrogens (tertiary/aromatic N) is 1. The summed E-state index contributed by atoms with van der Waals surface area (Å²) >= 11 is 0. The topological polar surface area (TPSA) is 138 Å². The molecule has 0 radical (unpaired) electrons. The van der Waals surface area contributed by atoms with Gasteiger partial charge in [0.1, 0.15) is 19.4 Å². The highest BCUT2D eigenvalue weighted by Crippen LogP contribution is 1.93. The highest BCUT2D eigenvalue weighted by atomic mass is 16.4. The summed E-state index contributed by atoms with van der Waals surface area (Å²) in [6.07, 6.45) is 0.695. The smallest absolute Gasteiger partial charge is 0.323 e. The molecule has 0 unspecified atom stereocenters. The van der Waals surface area contributed by atoms with Crippen LogP contribution in [0.2, 0.25) is 0 Å². The molecule has 0 aromatic carbocycles. The van der Waals surface area contributed by atoms with Gasteiger partial charge >= 0.3 is 11.9 Å². The van der Waals surface area contributed by atoms with Crippen LogP contribution >= 0.6 is 0 Å². The molecule has 0 saturated carbocycles. The number of hydrogen-bond acceptors (Lipinski definition) is 5. The van der Waals surface area contributed by atoms with Crippen molar-refractivity contribution in [2.45, 2.75) is 13.3 Å². The van der Waals surface area contributed by atoms with E-state index in [2.05, 4.69) is 0 Å². The zero-order chi connectivity index (χ0) is 13.8. The van der Waals surface area contributed by atoms with Crippen molar-refractivity contribution >= 4 is 24.1 Å². The molecule has 8 heteroatoms. The molecule has 0 aliphatic heterocycles. The first kappa shape index (κ1) is 17.4. The van der Waals surface area contributed by atoms with Crippen molar-refractivity contribution < 1.29 is 29.4 Å². The van der Waals surface area contributed by atoms with Gasteiger partial charge < -0.3 is 25.6 Å². The fourth-order valence-corrected chi connectivity index (χ4v) is 0.840. The van der Waals surface area contributed by atoms with E-state index in [4.69, 9.17) is 20.7 Å². The van der Waals surface area contributed by atoms with Gasteiger partial charge in [0.15, 0.2) is 0 Å². The number of carbonyl (C=O) groups excluding carboxylic acids is 2. The van der Waals surface area contributed by atoms with Crippen LogP contribution in [0.15, 0.2) is 0 Å². The van der Waals surface area contributed by atoms with Crippen molar-refractivity contribution in [3.05, 3.63) is 0 Å². The molecule has 0 fully saturated rings. The van der Waals surface area contributed by atoms with E-state index >= 15 is 0 Å². The second-order valence-electron chi connectivity index (χ2n) is 2.81. The van der Waals surface area contributed by atoms with E-state index in [0.717, 1.165) is 11.2 Å². The van der Waals surface area contributed by atoms with E-state index < -0.39 is 30.9 Å². The Hall–Kier alpha value is -1.96. The summed E-state index contributed by atoms with van der Waals surface area (Å²) in [5, 5.41) is 16.8. The Morgan fingerprint density at radius 3 is 1.76 bits per heavy atom. The Bertz CT molecular complexity index is 263. The average Bonchev–Trinajstić information content (AvgIpc) is 2.16. The number of aldehydes is 1. The zero-order valence-electron chi connectivity index (χ0n) is 9.46. The van der Waals surface area contributed by atoms with Gasteiger partial charge in [-0.25, -0.2) is 0 Å². The van der Waals surface area contributed by atoms with Gasteiger partial charge in [0.25, 0.3) is 0 Å². The lowest BCUT2D eigenvalue weighted by Gasteiger charge is -2.17.